The van der Waals surface area contributed by atoms with Gasteiger partial charge in [0.05, 0.1) is 26.4 Å². The topological polar surface area (TPSA) is 95.6 Å². The molecule has 1 heterocycles. The maximum absolute atomic E-state index is 11.0. The Kier molecular flexibility index (Phi) is 4.08. The molecule has 0 radical (unpaired) electrons. The van der Waals surface area contributed by atoms with Crippen LogP contribution in [0.4, 0.5) is 5.69 Å². The lowest BCUT2D eigenvalue weighted by molar-refractivity contribution is -0.385. The van der Waals surface area contributed by atoms with Crippen molar-refractivity contribution in [3.63, 3.8) is 0 Å². The largest absolute Gasteiger partial charge is 0.333 e. The van der Waals surface area contributed by atoms with E-state index in [2.05, 4.69) is 16.0 Å². The minimum Gasteiger partial charge on any atom is -0.333 e. The van der Waals surface area contributed by atoms with E-state index < -0.39 is 4.92 Å². The first kappa shape index (κ1) is 14.8. The van der Waals surface area contributed by atoms with Crippen LogP contribution in [-0.2, 0) is 0 Å². The van der Waals surface area contributed by atoms with Gasteiger partial charge in [-0.05, 0) is 36.0 Å². The lowest BCUT2D eigenvalue weighted by Gasteiger charge is -1.98. The first-order valence-corrected chi connectivity index (χ1v) is 7.47. The van der Waals surface area contributed by atoms with Crippen LogP contribution in [0, 0.1) is 21.4 Å². The van der Waals surface area contributed by atoms with Crippen molar-refractivity contribution in [3.05, 3.63) is 69.1 Å². The van der Waals surface area contributed by atoms with E-state index in [0.29, 0.717) is 15.6 Å². The van der Waals surface area contributed by atoms with Crippen LogP contribution in [0.5, 0.6) is 0 Å². The summed E-state index contributed by atoms with van der Waals surface area (Å²) in [5, 5.41) is 20.9. The van der Waals surface area contributed by atoms with Crippen molar-refractivity contribution in [2.24, 2.45) is 0 Å². The molecule has 2 aromatic carbocycles. The molecule has 0 atom stereocenters. The number of hydrogen-bond donors (Lipinski definition) is 1. The van der Waals surface area contributed by atoms with Crippen molar-refractivity contribution >= 4 is 34.6 Å². The number of benzene rings is 2. The molecule has 3 rings (SSSR count). The van der Waals surface area contributed by atoms with Crippen LogP contribution < -0.4 is 0 Å². The summed E-state index contributed by atoms with van der Waals surface area (Å²) >= 11 is 1.14. The predicted molar refractivity (Wildman–Crippen MR) is 88.6 cm³/mol. The number of nitrogens with zero attached hydrogens (tertiary/aromatic N) is 3. The number of aromatic amines is 1. The number of fused-ring (bicyclic) bond motifs is 1. The fourth-order valence-electron chi connectivity index (χ4n) is 2.08. The van der Waals surface area contributed by atoms with E-state index in [1.54, 1.807) is 18.2 Å². The van der Waals surface area contributed by atoms with Crippen LogP contribution in [0.1, 0.15) is 5.56 Å². The number of thioether (sulfide) groups is 1. The number of nitriles is 1. The van der Waals surface area contributed by atoms with Gasteiger partial charge in [0.25, 0.3) is 5.69 Å². The number of nitrogens with one attached hydrogen (secondary N) is 1. The Morgan fingerprint density at radius 1 is 1.26 bits per heavy atom. The SMILES string of the molecule is N#C/C(=C/c1ccccc1[N+](=O)[O-])Sc1nc2ccccc2[nH]1. The minimum atomic E-state index is -0.466. The van der Waals surface area contributed by atoms with E-state index >= 15 is 0 Å². The normalized spacial score (nSPS) is 11.3. The molecule has 1 aromatic heterocycles. The van der Waals surface area contributed by atoms with Crippen LogP contribution in [0.3, 0.4) is 0 Å². The summed E-state index contributed by atoms with van der Waals surface area (Å²) in [5.74, 6) is 0. The number of para-hydroxylation sites is 3. The number of hydrogen-bond acceptors (Lipinski definition) is 5. The third kappa shape index (κ3) is 3.22. The van der Waals surface area contributed by atoms with E-state index in [9.17, 15) is 15.4 Å². The summed E-state index contributed by atoms with van der Waals surface area (Å²) in [6.45, 7) is 0. The first-order valence-electron chi connectivity index (χ1n) is 6.65. The smallest absolute Gasteiger partial charge is 0.276 e. The lowest BCUT2D eigenvalue weighted by atomic mass is 10.1. The zero-order valence-corrected chi connectivity index (χ0v) is 12.6. The molecular weight excluding hydrogens is 312 g/mol. The van der Waals surface area contributed by atoms with Crippen molar-refractivity contribution < 1.29 is 4.92 Å². The summed E-state index contributed by atoms with van der Waals surface area (Å²) in [4.78, 5) is 18.4. The van der Waals surface area contributed by atoms with E-state index in [1.807, 2.05) is 24.3 Å². The molecule has 6 nitrogen and oxygen atoms in total. The Morgan fingerprint density at radius 2 is 2.00 bits per heavy atom. The molecule has 0 aliphatic heterocycles. The van der Waals surface area contributed by atoms with E-state index in [-0.39, 0.29) is 5.69 Å². The quantitative estimate of drug-likeness (QED) is 0.337. The second kappa shape index (κ2) is 6.34. The highest BCUT2D eigenvalue weighted by Gasteiger charge is 2.12. The Labute approximate surface area is 135 Å². The van der Waals surface area contributed by atoms with Gasteiger partial charge < -0.3 is 4.98 Å². The number of aromatic nitrogens is 2. The van der Waals surface area contributed by atoms with Crippen LogP contribution in [0.25, 0.3) is 17.1 Å². The summed E-state index contributed by atoms with van der Waals surface area (Å²) in [6, 6.07) is 15.9. The maximum Gasteiger partial charge on any atom is 0.276 e. The highest BCUT2D eigenvalue weighted by Crippen LogP contribution is 2.29. The molecule has 1 N–H and O–H groups in total. The van der Waals surface area contributed by atoms with Gasteiger partial charge in [0.15, 0.2) is 5.16 Å². The van der Waals surface area contributed by atoms with Crippen LogP contribution in [0.2, 0.25) is 0 Å². The number of H-pyrrole nitrogens is 1. The number of imidazole rings is 1. The van der Waals surface area contributed by atoms with Gasteiger partial charge in [-0.25, -0.2) is 4.98 Å². The Morgan fingerprint density at radius 3 is 2.74 bits per heavy atom. The van der Waals surface area contributed by atoms with Crippen molar-refractivity contribution in [1.82, 2.24) is 9.97 Å². The molecular formula is C16H10N4O2S. The average Bonchev–Trinajstić information content (AvgIpc) is 2.96. The highest BCUT2D eigenvalue weighted by atomic mass is 32.2. The summed E-state index contributed by atoms with van der Waals surface area (Å²) in [5.41, 5.74) is 2.03. The number of nitro groups is 1. The number of allylic oxidation sites excluding steroid dienone is 1. The Balaban J connectivity index is 1.94. The zero-order valence-electron chi connectivity index (χ0n) is 11.8. The van der Waals surface area contributed by atoms with Gasteiger partial charge in [-0.15, -0.1) is 0 Å². The van der Waals surface area contributed by atoms with Crippen molar-refractivity contribution in [3.8, 4) is 6.07 Å². The minimum absolute atomic E-state index is 0.0366. The molecule has 23 heavy (non-hydrogen) atoms. The standard InChI is InChI=1S/C16H10N4O2S/c17-10-12(9-11-5-1-4-8-15(11)20(21)22)23-16-18-13-6-2-3-7-14(13)19-16/h1-9H,(H,18,19)/b12-9-. The monoisotopic (exact) mass is 322 g/mol. The molecule has 3 aromatic rings. The summed E-state index contributed by atoms with van der Waals surface area (Å²) < 4.78 is 0. The summed E-state index contributed by atoms with van der Waals surface area (Å²) in [6.07, 6.45) is 1.50. The fraction of sp³-hybridized carbons (Fsp3) is 0. The lowest BCUT2D eigenvalue weighted by Crippen LogP contribution is -1.91. The average molecular weight is 322 g/mol. The van der Waals surface area contributed by atoms with Gasteiger partial charge in [-0.3, -0.25) is 10.1 Å². The predicted octanol–water partition coefficient (Wildman–Crippen LogP) is 4.13. The molecule has 0 bridgehead atoms. The van der Waals surface area contributed by atoms with Crippen LogP contribution >= 0.6 is 11.8 Å². The molecule has 112 valence electrons. The second-order valence-electron chi connectivity index (χ2n) is 4.60. The molecule has 0 saturated carbocycles. The van der Waals surface area contributed by atoms with Crippen molar-refractivity contribution in [2.75, 3.05) is 0 Å². The third-order valence-electron chi connectivity index (χ3n) is 3.10. The molecule has 0 fully saturated rings. The highest BCUT2D eigenvalue weighted by molar-refractivity contribution is 8.03. The van der Waals surface area contributed by atoms with Crippen LogP contribution in [0.15, 0.2) is 58.6 Å². The van der Waals surface area contributed by atoms with Gasteiger partial charge in [-0.2, -0.15) is 5.26 Å². The van der Waals surface area contributed by atoms with E-state index in [4.69, 9.17) is 0 Å². The van der Waals surface area contributed by atoms with Gasteiger partial charge in [-0.1, -0.05) is 24.3 Å². The third-order valence-corrected chi connectivity index (χ3v) is 3.92. The Bertz CT molecular complexity index is 923. The zero-order chi connectivity index (χ0) is 16.2. The molecule has 0 saturated heterocycles. The molecule has 0 aliphatic carbocycles. The molecule has 7 heteroatoms. The maximum atomic E-state index is 11.0. The van der Waals surface area contributed by atoms with Crippen molar-refractivity contribution in [1.29, 1.82) is 5.26 Å². The first-order chi connectivity index (χ1) is 11.2. The van der Waals surface area contributed by atoms with Crippen LogP contribution in [-0.4, -0.2) is 14.9 Å². The number of rotatable bonds is 4. The molecule has 0 amide bonds. The molecule has 0 unspecified atom stereocenters. The van der Waals surface area contributed by atoms with E-state index in [1.165, 1.54) is 12.1 Å². The Hall–Kier alpha value is -3.11. The summed E-state index contributed by atoms with van der Waals surface area (Å²) in [7, 11) is 0. The second-order valence-corrected chi connectivity index (χ2v) is 5.63. The fourth-order valence-corrected chi connectivity index (χ4v) is 2.83. The van der Waals surface area contributed by atoms with E-state index in [0.717, 1.165) is 22.8 Å². The van der Waals surface area contributed by atoms with Gasteiger partial charge >= 0.3 is 0 Å². The number of nitro benzene ring substituents is 1. The molecule has 0 spiro atoms. The van der Waals surface area contributed by atoms with Gasteiger partial charge in [0, 0.05) is 6.07 Å². The van der Waals surface area contributed by atoms with Gasteiger partial charge in [0.2, 0.25) is 0 Å². The van der Waals surface area contributed by atoms with Crippen molar-refractivity contribution in [2.45, 2.75) is 5.16 Å². The molecule has 0 aliphatic rings. The van der Waals surface area contributed by atoms with Gasteiger partial charge in [0.1, 0.15) is 6.07 Å².